The standard InChI is InChI=1S/C17H25NO3/c1-20-16-5-3-2-4-15(16)13-10-14(11-13)18-12-17(19)6-8-21-9-7-17/h2-5,13-14,18-19H,6-12H2,1H3. The SMILES string of the molecule is COc1ccccc1C1CC(NCC2(O)CCOCC2)C1. The monoisotopic (exact) mass is 291 g/mol. The lowest BCUT2D eigenvalue weighted by Gasteiger charge is -2.40. The Bertz CT molecular complexity index is 465. The van der Waals surface area contributed by atoms with E-state index in [2.05, 4.69) is 17.4 Å². The van der Waals surface area contributed by atoms with Crippen molar-refractivity contribution in [3.8, 4) is 5.75 Å². The molecule has 0 spiro atoms. The van der Waals surface area contributed by atoms with Crippen molar-refractivity contribution in [2.24, 2.45) is 0 Å². The Morgan fingerprint density at radius 1 is 1.29 bits per heavy atom. The fraction of sp³-hybridized carbons (Fsp3) is 0.647. The minimum Gasteiger partial charge on any atom is -0.496 e. The maximum atomic E-state index is 10.4. The van der Waals surface area contributed by atoms with Gasteiger partial charge in [-0.25, -0.2) is 0 Å². The summed E-state index contributed by atoms with van der Waals surface area (Å²) in [5.41, 5.74) is 0.733. The molecule has 4 heteroatoms. The van der Waals surface area contributed by atoms with E-state index in [4.69, 9.17) is 9.47 Å². The summed E-state index contributed by atoms with van der Waals surface area (Å²) in [4.78, 5) is 0. The second kappa shape index (κ2) is 6.34. The van der Waals surface area contributed by atoms with Gasteiger partial charge in [0.05, 0.1) is 12.7 Å². The van der Waals surface area contributed by atoms with Gasteiger partial charge < -0.3 is 19.9 Å². The highest BCUT2D eigenvalue weighted by atomic mass is 16.5. The average Bonchev–Trinajstić information content (AvgIpc) is 2.47. The summed E-state index contributed by atoms with van der Waals surface area (Å²) in [5, 5.41) is 14.0. The maximum absolute atomic E-state index is 10.4. The Labute approximate surface area is 126 Å². The number of rotatable bonds is 5. The van der Waals surface area contributed by atoms with Gasteiger partial charge in [0.1, 0.15) is 5.75 Å². The van der Waals surface area contributed by atoms with Crippen LogP contribution in [0.25, 0.3) is 0 Å². The molecule has 1 saturated carbocycles. The molecule has 1 saturated heterocycles. The predicted molar refractivity (Wildman–Crippen MR) is 81.8 cm³/mol. The van der Waals surface area contributed by atoms with Crippen LogP contribution in [-0.2, 0) is 4.74 Å². The molecule has 3 rings (SSSR count). The summed E-state index contributed by atoms with van der Waals surface area (Å²) >= 11 is 0. The highest BCUT2D eigenvalue weighted by Gasteiger charge is 2.35. The third kappa shape index (κ3) is 3.39. The van der Waals surface area contributed by atoms with E-state index in [0.717, 1.165) is 31.4 Å². The zero-order chi connectivity index (χ0) is 14.7. The third-order valence-corrected chi connectivity index (χ3v) is 4.86. The van der Waals surface area contributed by atoms with Gasteiger partial charge in [0.25, 0.3) is 0 Å². The van der Waals surface area contributed by atoms with Crippen LogP contribution in [0.3, 0.4) is 0 Å². The Hall–Kier alpha value is -1.10. The Balaban J connectivity index is 1.47. The molecular formula is C17H25NO3. The van der Waals surface area contributed by atoms with Crippen molar-refractivity contribution in [2.75, 3.05) is 26.9 Å². The summed E-state index contributed by atoms with van der Waals surface area (Å²) in [6, 6.07) is 8.78. The largest absolute Gasteiger partial charge is 0.496 e. The second-order valence-electron chi connectivity index (χ2n) is 6.32. The molecule has 0 aromatic heterocycles. The molecule has 0 bridgehead atoms. The summed E-state index contributed by atoms with van der Waals surface area (Å²) in [6.07, 6.45) is 3.71. The van der Waals surface area contributed by atoms with Crippen molar-refractivity contribution < 1.29 is 14.6 Å². The number of hydrogen-bond donors (Lipinski definition) is 2. The zero-order valence-corrected chi connectivity index (χ0v) is 12.7. The van der Waals surface area contributed by atoms with Crippen molar-refractivity contribution in [3.05, 3.63) is 29.8 Å². The van der Waals surface area contributed by atoms with Gasteiger partial charge in [-0.05, 0) is 30.4 Å². The smallest absolute Gasteiger partial charge is 0.122 e. The highest BCUT2D eigenvalue weighted by Crippen LogP contribution is 2.41. The molecule has 21 heavy (non-hydrogen) atoms. The van der Waals surface area contributed by atoms with E-state index in [1.807, 2.05) is 12.1 Å². The van der Waals surface area contributed by atoms with Crippen molar-refractivity contribution >= 4 is 0 Å². The number of aliphatic hydroxyl groups is 1. The number of nitrogens with one attached hydrogen (secondary N) is 1. The number of benzene rings is 1. The van der Waals surface area contributed by atoms with Crippen LogP contribution in [-0.4, -0.2) is 43.6 Å². The van der Waals surface area contributed by atoms with Crippen LogP contribution in [0.2, 0.25) is 0 Å². The Kier molecular flexibility index (Phi) is 4.48. The molecule has 2 N–H and O–H groups in total. The minimum atomic E-state index is -0.576. The van der Waals surface area contributed by atoms with Crippen molar-refractivity contribution in [1.82, 2.24) is 5.32 Å². The van der Waals surface area contributed by atoms with Gasteiger partial charge in [0.2, 0.25) is 0 Å². The molecule has 1 aromatic rings. The van der Waals surface area contributed by atoms with Gasteiger partial charge >= 0.3 is 0 Å². The molecule has 0 atom stereocenters. The van der Waals surface area contributed by atoms with Gasteiger partial charge in [-0.2, -0.15) is 0 Å². The molecule has 2 aliphatic rings. The van der Waals surface area contributed by atoms with Gasteiger partial charge in [0, 0.05) is 38.6 Å². The minimum absolute atomic E-state index is 0.506. The molecule has 116 valence electrons. The molecule has 0 radical (unpaired) electrons. The van der Waals surface area contributed by atoms with Crippen LogP contribution in [0.4, 0.5) is 0 Å². The fourth-order valence-corrected chi connectivity index (χ4v) is 3.30. The molecular weight excluding hydrogens is 266 g/mol. The average molecular weight is 291 g/mol. The zero-order valence-electron chi connectivity index (χ0n) is 12.7. The summed E-state index contributed by atoms with van der Waals surface area (Å²) in [6.45, 7) is 2.03. The first-order chi connectivity index (χ1) is 10.2. The molecule has 1 aromatic carbocycles. The van der Waals surface area contributed by atoms with E-state index < -0.39 is 5.60 Å². The van der Waals surface area contributed by atoms with Crippen LogP contribution in [0, 0.1) is 0 Å². The van der Waals surface area contributed by atoms with Gasteiger partial charge in [-0.3, -0.25) is 0 Å². The fourth-order valence-electron chi connectivity index (χ4n) is 3.30. The van der Waals surface area contributed by atoms with Crippen LogP contribution in [0.1, 0.15) is 37.2 Å². The highest BCUT2D eigenvalue weighted by molar-refractivity contribution is 5.37. The lowest BCUT2D eigenvalue weighted by molar-refractivity contribution is -0.0641. The van der Waals surface area contributed by atoms with E-state index in [1.165, 1.54) is 5.56 Å². The molecule has 2 fully saturated rings. The lowest BCUT2D eigenvalue weighted by atomic mass is 9.75. The van der Waals surface area contributed by atoms with Gasteiger partial charge in [-0.15, -0.1) is 0 Å². The number of para-hydroxylation sites is 1. The van der Waals surface area contributed by atoms with Crippen LogP contribution < -0.4 is 10.1 Å². The van der Waals surface area contributed by atoms with Crippen molar-refractivity contribution in [3.63, 3.8) is 0 Å². The Morgan fingerprint density at radius 3 is 2.71 bits per heavy atom. The van der Waals surface area contributed by atoms with Gasteiger partial charge in [0.15, 0.2) is 0 Å². The van der Waals surface area contributed by atoms with Gasteiger partial charge in [-0.1, -0.05) is 18.2 Å². The number of methoxy groups -OCH3 is 1. The summed E-state index contributed by atoms with van der Waals surface area (Å²) in [7, 11) is 1.73. The molecule has 1 aliphatic heterocycles. The Morgan fingerprint density at radius 2 is 2.00 bits per heavy atom. The van der Waals surface area contributed by atoms with Crippen LogP contribution in [0.15, 0.2) is 24.3 Å². The first-order valence-corrected chi connectivity index (χ1v) is 7.87. The summed E-state index contributed by atoms with van der Waals surface area (Å²) < 4.78 is 10.7. The first kappa shape index (κ1) is 14.8. The number of hydrogen-bond acceptors (Lipinski definition) is 4. The van der Waals surface area contributed by atoms with Crippen LogP contribution >= 0.6 is 0 Å². The molecule has 0 unspecified atom stereocenters. The second-order valence-corrected chi connectivity index (χ2v) is 6.32. The van der Waals surface area contributed by atoms with Crippen molar-refractivity contribution in [1.29, 1.82) is 0 Å². The van der Waals surface area contributed by atoms with E-state index in [0.29, 0.717) is 31.7 Å². The van der Waals surface area contributed by atoms with E-state index in [9.17, 15) is 5.11 Å². The van der Waals surface area contributed by atoms with E-state index in [1.54, 1.807) is 7.11 Å². The normalized spacial score (nSPS) is 27.9. The molecule has 0 amide bonds. The first-order valence-electron chi connectivity index (χ1n) is 7.87. The maximum Gasteiger partial charge on any atom is 0.122 e. The van der Waals surface area contributed by atoms with E-state index in [-0.39, 0.29) is 0 Å². The molecule has 4 nitrogen and oxygen atoms in total. The van der Waals surface area contributed by atoms with Crippen LogP contribution in [0.5, 0.6) is 5.75 Å². The molecule has 1 heterocycles. The van der Waals surface area contributed by atoms with E-state index >= 15 is 0 Å². The van der Waals surface area contributed by atoms with Crippen molar-refractivity contribution in [2.45, 2.75) is 43.2 Å². The topological polar surface area (TPSA) is 50.7 Å². The number of ether oxygens (including phenoxy) is 2. The third-order valence-electron chi connectivity index (χ3n) is 4.86. The lowest BCUT2D eigenvalue weighted by Crippen LogP contribution is -2.50. The quantitative estimate of drug-likeness (QED) is 0.872. The summed E-state index contributed by atoms with van der Waals surface area (Å²) in [5.74, 6) is 1.56. The molecule has 1 aliphatic carbocycles. The predicted octanol–water partition coefficient (Wildman–Crippen LogP) is 2.07.